The van der Waals surface area contributed by atoms with Crippen LogP contribution in [0.25, 0.3) is 0 Å². The van der Waals surface area contributed by atoms with Gasteiger partial charge in [-0.05, 0) is 48.9 Å². The van der Waals surface area contributed by atoms with Crippen molar-refractivity contribution in [3.63, 3.8) is 0 Å². The van der Waals surface area contributed by atoms with Gasteiger partial charge in [-0.15, -0.1) is 0 Å². The summed E-state index contributed by atoms with van der Waals surface area (Å²) in [6.07, 6.45) is 1.11. The average molecular weight is 609 g/mol. The molecule has 1 aromatic heterocycles. The Morgan fingerprint density at radius 1 is 1.05 bits per heavy atom. The standard InChI is InChI=1S/C27H24Cl3N3O5S/c28-17-4-1-5-20(14-17)39(36,37)33-16-19(11-13-32-12-3-8-25(32)35)38-24-10-9-18(31-27(24)33)15-23(34)26-21(29)6-2-7-22(26)30/h1-2,4-7,9-10,14,19H,3,8,11-13,15-16H2/t19-/m0/s1. The molecule has 0 saturated carbocycles. The largest absolute Gasteiger partial charge is 0.485 e. The summed E-state index contributed by atoms with van der Waals surface area (Å²) in [5.74, 6) is 0.0620. The van der Waals surface area contributed by atoms with E-state index in [2.05, 4.69) is 4.98 Å². The predicted octanol–water partition coefficient (Wildman–Crippen LogP) is 5.44. The molecule has 3 aromatic rings. The minimum Gasteiger partial charge on any atom is -0.485 e. The van der Waals surface area contributed by atoms with Gasteiger partial charge in [0.05, 0.1) is 39.2 Å². The zero-order chi connectivity index (χ0) is 27.7. The van der Waals surface area contributed by atoms with Crippen LogP contribution >= 0.6 is 34.8 Å². The Bertz CT molecular complexity index is 1530. The molecule has 1 atom stereocenters. The summed E-state index contributed by atoms with van der Waals surface area (Å²) in [4.78, 5) is 31.4. The lowest BCUT2D eigenvalue weighted by molar-refractivity contribution is -0.127. The van der Waals surface area contributed by atoms with Gasteiger partial charge in [0.1, 0.15) is 6.10 Å². The van der Waals surface area contributed by atoms with Gasteiger partial charge in [-0.2, -0.15) is 0 Å². The lowest BCUT2D eigenvalue weighted by Crippen LogP contribution is -2.45. The number of benzene rings is 2. The number of pyridine rings is 1. The first kappa shape index (κ1) is 27.7. The molecule has 0 spiro atoms. The van der Waals surface area contributed by atoms with E-state index >= 15 is 0 Å². The molecular formula is C27H24Cl3N3O5S. The quantitative estimate of drug-likeness (QED) is 0.316. The van der Waals surface area contributed by atoms with Crippen LogP contribution in [0.15, 0.2) is 59.5 Å². The monoisotopic (exact) mass is 607 g/mol. The topological polar surface area (TPSA) is 96.9 Å². The second-order valence-corrected chi connectivity index (χ2v) is 12.4. The van der Waals surface area contributed by atoms with E-state index in [9.17, 15) is 18.0 Å². The minimum absolute atomic E-state index is 0.00227. The van der Waals surface area contributed by atoms with Gasteiger partial charge in [-0.3, -0.25) is 9.59 Å². The van der Waals surface area contributed by atoms with Gasteiger partial charge in [0.15, 0.2) is 17.4 Å². The van der Waals surface area contributed by atoms with Crippen LogP contribution < -0.4 is 9.04 Å². The van der Waals surface area contributed by atoms with E-state index < -0.39 is 16.1 Å². The molecule has 2 aromatic carbocycles. The van der Waals surface area contributed by atoms with Crippen molar-refractivity contribution in [3.05, 3.63) is 80.9 Å². The number of ether oxygens (including phenoxy) is 1. The van der Waals surface area contributed by atoms with Crippen molar-refractivity contribution in [2.45, 2.75) is 36.7 Å². The predicted molar refractivity (Wildman–Crippen MR) is 150 cm³/mol. The number of amides is 1. The molecule has 0 N–H and O–H groups in total. The molecule has 0 radical (unpaired) electrons. The number of fused-ring (bicyclic) bond motifs is 1. The van der Waals surface area contributed by atoms with Crippen molar-refractivity contribution < 1.29 is 22.7 Å². The molecular weight excluding hydrogens is 585 g/mol. The Morgan fingerprint density at radius 2 is 1.79 bits per heavy atom. The molecule has 2 aliphatic heterocycles. The van der Waals surface area contributed by atoms with Crippen LogP contribution in [0.1, 0.15) is 35.3 Å². The maximum atomic E-state index is 13.8. The SMILES string of the molecule is O=C(Cc1ccc2c(n1)N(S(=O)(=O)c1cccc(Cl)c1)C[C@H](CCN1CCCC1=O)O2)c1c(Cl)cccc1Cl. The Labute approximate surface area is 241 Å². The molecule has 39 heavy (non-hydrogen) atoms. The fraction of sp³-hybridized carbons (Fsp3) is 0.296. The van der Waals surface area contributed by atoms with Crippen LogP contribution in [0, 0.1) is 0 Å². The van der Waals surface area contributed by atoms with Gasteiger partial charge in [-0.1, -0.05) is 46.9 Å². The summed E-state index contributed by atoms with van der Waals surface area (Å²) < 4.78 is 34.9. The number of halogens is 3. The first-order valence-corrected chi connectivity index (χ1v) is 14.9. The van der Waals surface area contributed by atoms with Gasteiger partial charge in [0, 0.05) is 31.0 Å². The van der Waals surface area contributed by atoms with Crippen LogP contribution in [-0.2, 0) is 21.2 Å². The number of nitrogens with zero attached hydrogens (tertiary/aromatic N) is 3. The van der Waals surface area contributed by atoms with E-state index in [1.54, 1.807) is 47.4 Å². The normalized spacial score (nSPS) is 17.2. The van der Waals surface area contributed by atoms with Gasteiger partial charge in [0.25, 0.3) is 10.0 Å². The zero-order valence-corrected chi connectivity index (χ0v) is 23.7. The molecule has 3 heterocycles. The fourth-order valence-corrected chi connectivity index (χ4v) is 7.07. The molecule has 0 aliphatic carbocycles. The first-order chi connectivity index (χ1) is 18.6. The summed E-state index contributed by atoms with van der Waals surface area (Å²) in [5, 5.41) is 0.717. The van der Waals surface area contributed by atoms with Gasteiger partial charge in [-0.25, -0.2) is 17.7 Å². The van der Waals surface area contributed by atoms with E-state index in [0.717, 1.165) is 6.42 Å². The van der Waals surface area contributed by atoms with Crippen LogP contribution in [0.4, 0.5) is 5.82 Å². The van der Waals surface area contributed by atoms with Crippen molar-refractivity contribution in [2.24, 2.45) is 0 Å². The smallest absolute Gasteiger partial charge is 0.265 e. The number of hydrogen-bond donors (Lipinski definition) is 0. The molecule has 5 rings (SSSR count). The maximum Gasteiger partial charge on any atom is 0.265 e. The second kappa shape index (κ2) is 11.3. The highest BCUT2D eigenvalue weighted by atomic mass is 35.5. The molecule has 1 saturated heterocycles. The van der Waals surface area contributed by atoms with E-state index in [0.29, 0.717) is 31.6 Å². The average Bonchev–Trinajstić information content (AvgIpc) is 3.31. The van der Waals surface area contributed by atoms with Crippen LogP contribution in [0.5, 0.6) is 5.75 Å². The molecule has 204 valence electrons. The van der Waals surface area contributed by atoms with Crippen LogP contribution in [-0.4, -0.2) is 55.7 Å². The number of hydrogen-bond acceptors (Lipinski definition) is 6. The fourth-order valence-electron chi connectivity index (χ4n) is 4.71. The molecule has 1 fully saturated rings. The van der Waals surface area contributed by atoms with E-state index in [-0.39, 0.29) is 61.8 Å². The van der Waals surface area contributed by atoms with Crippen LogP contribution in [0.2, 0.25) is 15.1 Å². The van der Waals surface area contributed by atoms with Gasteiger partial charge >= 0.3 is 0 Å². The van der Waals surface area contributed by atoms with Crippen molar-refractivity contribution in [1.29, 1.82) is 0 Å². The van der Waals surface area contributed by atoms with Gasteiger partial charge < -0.3 is 9.64 Å². The molecule has 2 aliphatic rings. The number of rotatable bonds is 8. The van der Waals surface area contributed by atoms with E-state index in [1.165, 1.54) is 16.4 Å². The number of ketones is 1. The third kappa shape index (κ3) is 5.87. The lowest BCUT2D eigenvalue weighted by Gasteiger charge is -2.35. The van der Waals surface area contributed by atoms with E-state index in [4.69, 9.17) is 39.5 Å². The highest BCUT2D eigenvalue weighted by Gasteiger charge is 2.37. The third-order valence-corrected chi connectivity index (χ3v) is 9.27. The number of carbonyl (C=O) groups excluding carboxylic acids is 2. The summed E-state index contributed by atoms with van der Waals surface area (Å²) in [6, 6.07) is 14.0. The third-order valence-electron chi connectivity index (χ3n) is 6.66. The summed E-state index contributed by atoms with van der Waals surface area (Å²) in [6.45, 7) is 1.12. The van der Waals surface area contributed by atoms with Crippen molar-refractivity contribution in [2.75, 3.05) is 23.9 Å². The summed E-state index contributed by atoms with van der Waals surface area (Å²) in [5.41, 5.74) is 0.502. The summed E-state index contributed by atoms with van der Waals surface area (Å²) >= 11 is 18.5. The Kier molecular flexibility index (Phi) is 8.05. The number of carbonyl (C=O) groups is 2. The Hall–Kier alpha value is -2.85. The first-order valence-electron chi connectivity index (χ1n) is 12.3. The molecule has 0 unspecified atom stereocenters. The Balaban J connectivity index is 1.47. The number of Topliss-reactive ketones (excluding diaryl/α,β-unsaturated/α-hetero) is 1. The highest BCUT2D eigenvalue weighted by molar-refractivity contribution is 7.92. The molecule has 1 amide bonds. The van der Waals surface area contributed by atoms with Crippen molar-refractivity contribution in [3.8, 4) is 5.75 Å². The highest BCUT2D eigenvalue weighted by Crippen LogP contribution is 2.37. The molecule has 0 bridgehead atoms. The minimum atomic E-state index is -4.09. The van der Waals surface area contributed by atoms with Crippen molar-refractivity contribution >= 4 is 62.3 Å². The van der Waals surface area contributed by atoms with Crippen LogP contribution in [0.3, 0.4) is 0 Å². The number of likely N-dealkylation sites (tertiary alicyclic amines) is 1. The maximum absolute atomic E-state index is 13.8. The Morgan fingerprint density at radius 3 is 2.49 bits per heavy atom. The van der Waals surface area contributed by atoms with E-state index in [1.807, 2.05) is 0 Å². The summed E-state index contributed by atoms with van der Waals surface area (Å²) in [7, 11) is -4.09. The molecule has 8 nitrogen and oxygen atoms in total. The van der Waals surface area contributed by atoms with Gasteiger partial charge in [0.2, 0.25) is 5.91 Å². The zero-order valence-electron chi connectivity index (χ0n) is 20.6. The number of aromatic nitrogens is 1. The number of anilines is 1. The second-order valence-electron chi connectivity index (χ2n) is 9.33. The lowest BCUT2D eigenvalue weighted by atomic mass is 10.1. The molecule has 12 heteroatoms. The number of sulfonamides is 1. The van der Waals surface area contributed by atoms with Crippen molar-refractivity contribution in [1.82, 2.24) is 9.88 Å².